The van der Waals surface area contributed by atoms with Gasteiger partial charge in [-0.15, -0.1) is 0 Å². The zero-order valence-electron chi connectivity index (χ0n) is 11.2. The van der Waals surface area contributed by atoms with Gasteiger partial charge in [0.2, 0.25) is 0 Å². The normalized spacial score (nSPS) is 24.5. The van der Waals surface area contributed by atoms with Gasteiger partial charge in [0.05, 0.1) is 0 Å². The van der Waals surface area contributed by atoms with Gasteiger partial charge in [-0.05, 0) is 24.9 Å². The lowest BCUT2D eigenvalue weighted by Gasteiger charge is -2.37. The standard InChI is InChI=1S/C15H21N3O/c19-15-16-8-10-18(15)14-7-4-9-17(12-14)11-13-5-2-1-3-6-13/h1-3,5-6,14H,4,7-12H2,(H,16,19). The number of amides is 2. The molecule has 1 aromatic rings. The number of urea groups is 1. The van der Waals surface area contributed by atoms with E-state index in [0.717, 1.165) is 39.1 Å². The van der Waals surface area contributed by atoms with Crippen molar-refractivity contribution in [2.24, 2.45) is 0 Å². The van der Waals surface area contributed by atoms with E-state index < -0.39 is 0 Å². The Labute approximate surface area is 114 Å². The van der Waals surface area contributed by atoms with Crippen molar-refractivity contribution in [1.82, 2.24) is 15.1 Å². The zero-order valence-corrected chi connectivity index (χ0v) is 11.2. The number of piperidine rings is 1. The third-order valence-corrected chi connectivity index (χ3v) is 4.06. The highest BCUT2D eigenvalue weighted by molar-refractivity contribution is 5.76. The van der Waals surface area contributed by atoms with Crippen LogP contribution >= 0.6 is 0 Å². The molecule has 2 heterocycles. The van der Waals surface area contributed by atoms with Crippen molar-refractivity contribution in [3.8, 4) is 0 Å². The fourth-order valence-electron chi connectivity index (χ4n) is 3.11. The van der Waals surface area contributed by atoms with Crippen LogP contribution < -0.4 is 5.32 Å². The summed E-state index contributed by atoms with van der Waals surface area (Å²) < 4.78 is 0. The highest BCUT2D eigenvalue weighted by Crippen LogP contribution is 2.19. The van der Waals surface area contributed by atoms with Gasteiger partial charge in [-0.3, -0.25) is 4.90 Å². The lowest BCUT2D eigenvalue weighted by atomic mass is 10.0. The third kappa shape index (κ3) is 2.89. The summed E-state index contributed by atoms with van der Waals surface area (Å²) in [5, 5.41) is 2.90. The highest BCUT2D eigenvalue weighted by atomic mass is 16.2. The van der Waals surface area contributed by atoms with E-state index in [0.29, 0.717) is 6.04 Å². The summed E-state index contributed by atoms with van der Waals surface area (Å²) in [4.78, 5) is 16.2. The van der Waals surface area contributed by atoms with E-state index in [-0.39, 0.29) is 6.03 Å². The molecule has 1 N–H and O–H groups in total. The molecule has 3 rings (SSSR count). The van der Waals surface area contributed by atoms with Gasteiger partial charge in [0.1, 0.15) is 0 Å². The fourth-order valence-corrected chi connectivity index (χ4v) is 3.11. The Balaban J connectivity index is 1.60. The molecule has 1 aromatic carbocycles. The predicted octanol–water partition coefficient (Wildman–Crippen LogP) is 1.68. The minimum absolute atomic E-state index is 0.117. The van der Waals surface area contributed by atoms with E-state index in [9.17, 15) is 4.79 Å². The zero-order chi connectivity index (χ0) is 13.1. The Morgan fingerprint density at radius 1 is 1.21 bits per heavy atom. The fraction of sp³-hybridized carbons (Fsp3) is 0.533. The van der Waals surface area contributed by atoms with E-state index in [2.05, 4.69) is 40.5 Å². The van der Waals surface area contributed by atoms with Gasteiger partial charge in [-0.2, -0.15) is 0 Å². The van der Waals surface area contributed by atoms with Gasteiger partial charge in [-0.1, -0.05) is 30.3 Å². The van der Waals surface area contributed by atoms with Crippen LogP contribution in [-0.4, -0.2) is 48.1 Å². The highest BCUT2D eigenvalue weighted by Gasteiger charge is 2.31. The molecule has 2 aliphatic rings. The number of likely N-dealkylation sites (tertiary alicyclic amines) is 1. The Morgan fingerprint density at radius 3 is 2.79 bits per heavy atom. The Hall–Kier alpha value is -1.55. The number of carbonyl (C=O) groups excluding carboxylic acids is 1. The predicted molar refractivity (Wildman–Crippen MR) is 74.8 cm³/mol. The number of hydrogen-bond donors (Lipinski definition) is 1. The number of rotatable bonds is 3. The first-order chi connectivity index (χ1) is 9.33. The summed E-state index contributed by atoms with van der Waals surface area (Å²) in [7, 11) is 0. The molecule has 0 spiro atoms. The van der Waals surface area contributed by atoms with Crippen LogP contribution in [-0.2, 0) is 6.54 Å². The molecule has 1 atom stereocenters. The van der Waals surface area contributed by atoms with Crippen molar-refractivity contribution in [2.45, 2.75) is 25.4 Å². The summed E-state index contributed by atoms with van der Waals surface area (Å²) in [6, 6.07) is 11.1. The van der Waals surface area contributed by atoms with Crippen molar-refractivity contribution >= 4 is 6.03 Å². The molecule has 2 fully saturated rings. The first-order valence-corrected chi connectivity index (χ1v) is 7.14. The maximum absolute atomic E-state index is 11.7. The molecule has 0 aromatic heterocycles. The molecular formula is C15H21N3O. The average Bonchev–Trinajstić information content (AvgIpc) is 2.86. The van der Waals surface area contributed by atoms with Crippen molar-refractivity contribution in [2.75, 3.05) is 26.2 Å². The van der Waals surface area contributed by atoms with Crippen LogP contribution in [0.4, 0.5) is 4.79 Å². The van der Waals surface area contributed by atoms with E-state index in [4.69, 9.17) is 0 Å². The molecule has 102 valence electrons. The van der Waals surface area contributed by atoms with Gasteiger partial charge in [-0.25, -0.2) is 4.79 Å². The second-order valence-corrected chi connectivity index (χ2v) is 5.44. The maximum Gasteiger partial charge on any atom is 0.317 e. The molecule has 2 aliphatic heterocycles. The van der Waals surface area contributed by atoms with Crippen LogP contribution in [0.3, 0.4) is 0 Å². The summed E-state index contributed by atoms with van der Waals surface area (Å²) in [5.74, 6) is 0. The second-order valence-electron chi connectivity index (χ2n) is 5.44. The van der Waals surface area contributed by atoms with Crippen LogP contribution in [0.25, 0.3) is 0 Å². The third-order valence-electron chi connectivity index (χ3n) is 4.06. The monoisotopic (exact) mass is 259 g/mol. The molecule has 19 heavy (non-hydrogen) atoms. The molecule has 2 saturated heterocycles. The number of nitrogens with one attached hydrogen (secondary N) is 1. The maximum atomic E-state index is 11.7. The SMILES string of the molecule is O=C1NCCN1C1CCCN(Cc2ccccc2)C1. The number of hydrogen-bond acceptors (Lipinski definition) is 2. The minimum atomic E-state index is 0.117. The smallest absolute Gasteiger partial charge is 0.317 e. The summed E-state index contributed by atoms with van der Waals surface area (Å²) >= 11 is 0. The van der Waals surface area contributed by atoms with Crippen LogP contribution in [0.5, 0.6) is 0 Å². The number of nitrogens with zero attached hydrogens (tertiary/aromatic N) is 2. The van der Waals surface area contributed by atoms with Gasteiger partial charge >= 0.3 is 6.03 Å². The minimum Gasteiger partial charge on any atom is -0.336 e. The molecule has 4 heteroatoms. The topological polar surface area (TPSA) is 35.6 Å². The van der Waals surface area contributed by atoms with Gasteiger partial charge < -0.3 is 10.2 Å². The number of benzene rings is 1. The van der Waals surface area contributed by atoms with E-state index in [1.807, 2.05) is 4.90 Å². The van der Waals surface area contributed by atoms with Crippen molar-refractivity contribution in [3.05, 3.63) is 35.9 Å². The van der Waals surface area contributed by atoms with Crippen LogP contribution in [0.15, 0.2) is 30.3 Å². The Kier molecular flexibility index (Phi) is 3.69. The Bertz CT molecular complexity index is 434. The van der Waals surface area contributed by atoms with E-state index in [1.54, 1.807) is 0 Å². The molecule has 1 unspecified atom stereocenters. The first kappa shape index (κ1) is 12.5. The molecule has 4 nitrogen and oxygen atoms in total. The van der Waals surface area contributed by atoms with Crippen molar-refractivity contribution in [3.63, 3.8) is 0 Å². The molecule has 0 aliphatic carbocycles. The second kappa shape index (κ2) is 5.61. The largest absolute Gasteiger partial charge is 0.336 e. The summed E-state index contributed by atoms with van der Waals surface area (Å²) in [6.45, 7) is 4.80. The molecular weight excluding hydrogens is 238 g/mol. The van der Waals surface area contributed by atoms with Crippen molar-refractivity contribution in [1.29, 1.82) is 0 Å². The van der Waals surface area contributed by atoms with Crippen molar-refractivity contribution < 1.29 is 4.79 Å². The van der Waals surface area contributed by atoms with Crippen LogP contribution in [0.1, 0.15) is 18.4 Å². The lowest BCUT2D eigenvalue weighted by Crippen LogP contribution is -2.48. The average molecular weight is 259 g/mol. The van der Waals surface area contributed by atoms with Gasteiger partial charge in [0, 0.05) is 32.2 Å². The lowest BCUT2D eigenvalue weighted by molar-refractivity contribution is 0.122. The first-order valence-electron chi connectivity index (χ1n) is 7.14. The summed E-state index contributed by atoms with van der Waals surface area (Å²) in [6.07, 6.45) is 2.32. The van der Waals surface area contributed by atoms with E-state index in [1.165, 1.54) is 12.0 Å². The van der Waals surface area contributed by atoms with Gasteiger partial charge in [0.15, 0.2) is 0 Å². The summed E-state index contributed by atoms with van der Waals surface area (Å²) in [5.41, 5.74) is 1.36. The molecule has 0 saturated carbocycles. The van der Waals surface area contributed by atoms with Crippen LogP contribution in [0.2, 0.25) is 0 Å². The molecule has 0 radical (unpaired) electrons. The van der Waals surface area contributed by atoms with Gasteiger partial charge in [0.25, 0.3) is 0 Å². The molecule has 2 amide bonds. The van der Waals surface area contributed by atoms with E-state index >= 15 is 0 Å². The Morgan fingerprint density at radius 2 is 2.05 bits per heavy atom. The van der Waals surface area contributed by atoms with Crippen LogP contribution in [0, 0.1) is 0 Å². The number of carbonyl (C=O) groups is 1. The molecule has 0 bridgehead atoms. The quantitative estimate of drug-likeness (QED) is 0.896.